The Hall–Kier alpha value is -7.94. The Morgan fingerprint density at radius 3 is 1.40 bits per heavy atom. The third kappa shape index (κ3) is 6.41. The molecule has 0 aliphatic rings. The van der Waals surface area contributed by atoms with E-state index in [2.05, 4.69) is 252 Å². The smallest absolute Gasteiger partial charge is 0.0541 e. The van der Waals surface area contributed by atoms with Gasteiger partial charge >= 0.3 is 0 Å². The molecule has 60 heavy (non-hydrogen) atoms. The minimum absolute atomic E-state index is 1.11. The van der Waals surface area contributed by atoms with Gasteiger partial charge in [0.15, 0.2) is 0 Å². The molecule has 0 bridgehead atoms. The van der Waals surface area contributed by atoms with Crippen LogP contribution in [0.15, 0.2) is 243 Å². The maximum absolute atomic E-state index is 2.39. The van der Waals surface area contributed by atoms with Crippen LogP contribution in [0.25, 0.3) is 82.8 Å². The highest BCUT2D eigenvalue weighted by molar-refractivity contribution is 6.10. The van der Waals surface area contributed by atoms with Crippen LogP contribution in [0.2, 0.25) is 0 Å². The number of hydrogen-bond acceptors (Lipinski definition) is 1. The molecule has 0 saturated carbocycles. The van der Waals surface area contributed by atoms with Crippen LogP contribution >= 0.6 is 0 Å². The second-order valence-corrected chi connectivity index (χ2v) is 15.4. The molecule has 282 valence electrons. The number of rotatable bonds is 8. The second-order valence-electron chi connectivity index (χ2n) is 15.4. The molecule has 11 aromatic rings. The summed E-state index contributed by atoms with van der Waals surface area (Å²) in [5, 5.41) is 5.03. The van der Waals surface area contributed by atoms with E-state index >= 15 is 0 Å². The highest BCUT2D eigenvalue weighted by Gasteiger charge is 2.16. The Balaban J connectivity index is 0.894. The van der Waals surface area contributed by atoms with E-state index in [1.165, 1.54) is 77.1 Å². The Morgan fingerprint density at radius 2 is 0.717 bits per heavy atom. The van der Waals surface area contributed by atoms with Crippen LogP contribution in [0.4, 0.5) is 17.1 Å². The fourth-order valence-corrected chi connectivity index (χ4v) is 8.81. The van der Waals surface area contributed by atoms with E-state index in [0.29, 0.717) is 0 Å². The van der Waals surface area contributed by atoms with Gasteiger partial charge in [-0.2, -0.15) is 0 Å². The van der Waals surface area contributed by atoms with Gasteiger partial charge in [0.2, 0.25) is 0 Å². The second kappa shape index (κ2) is 15.1. The van der Waals surface area contributed by atoms with Gasteiger partial charge in [-0.05, 0) is 122 Å². The average molecular weight is 765 g/mol. The third-order valence-corrected chi connectivity index (χ3v) is 11.8. The minimum Gasteiger partial charge on any atom is -0.311 e. The molecule has 1 heterocycles. The van der Waals surface area contributed by atoms with Crippen molar-refractivity contribution in [2.75, 3.05) is 4.90 Å². The summed E-state index contributed by atoms with van der Waals surface area (Å²) in [5.41, 5.74) is 16.6. The van der Waals surface area contributed by atoms with E-state index < -0.39 is 0 Å². The number of benzene rings is 10. The molecule has 10 aromatic carbocycles. The van der Waals surface area contributed by atoms with E-state index in [1.54, 1.807) is 0 Å². The van der Waals surface area contributed by atoms with E-state index in [0.717, 1.165) is 22.7 Å². The first kappa shape index (κ1) is 35.2. The summed E-state index contributed by atoms with van der Waals surface area (Å²) in [5.74, 6) is 0. The van der Waals surface area contributed by atoms with Crippen molar-refractivity contribution in [1.82, 2.24) is 4.57 Å². The lowest BCUT2D eigenvalue weighted by atomic mass is 9.96. The number of aromatic nitrogens is 1. The van der Waals surface area contributed by atoms with Gasteiger partial charge in [0.1, 0.15) is 0 Å². The zero-order valence-corrected chi connectivity index (χ0v) is 33.0. The van der Waals surface area contributed by atoms with Gasteiger partial charge in [-0.25, -0.2) is 0 Å². The molecule has 0 aliphatic heterocycles. The summed E-state index contributed by atoms with van der Waals surface area (Å²) in [6, 6.07) is 87.7. The van der Waals surface area contributed by atoms with Crippen LogP contribution < -0.4 is 4.90 Å². The van der Waals surface area contributed by atoms with Gasteiger partial charge in [0.25, 0.3) is 0 Å². The molecule has 0 unspecified atom stereocenters. The molecule has 0 aliphatic carbocycles. The Bertz CT molecular complexity index is 3250. The quantitative estimate of drug-likeness (QED) is 0.150. The van der Waals surface area contributed by atoms with Crippen molar-refractivity contribution in [3.8, 4) is 50.2 Å². The van der Waals surface area contributed by atoms with Crippen molar-refractivity contribution in [2.45, 2.75) is 0 Å². The number of nitrogens with zero attached hydrogens (tertiary/aromatic N) is 2. The van der Waals surface area contributed by atoms with Crippen LogP contribution in [0, 0.1) is 0 Å². The fourth-order valence-electron chi connectivity index (χ4n) is 8.81. The fraction of sp³-hybridized carbons (Fsp3) is 0. The molecule has 0 radical (unpaired) electrons. The SMILES string of the molecule is c1ccc(-c2ccc(-n3c4ccccc4c4cc(-c5ccc(N(c6ccccc6)c6ccc(-c7ccc(-c8cccc9ccccc89)cc7)cc6)cc5)ccc43)cc2)cc1. The lowest BCUT2D eigenvalue weighted by Gasteiger charge is -2.26. The van der Waals surface area contributed by atoms with Crippen LogP contribution in [0.1, 0.15) is 0 Å². The first-order chi connectivity index (χ1) is 29.7. The largest absolute Gasteiger partial charge is 0.311 e. The number of hydrogen-bond donors (Lipinski definition) is 0. The molecular formula is C58H40N2. The predicted molar refractivity (Wildman–Crippen MR) is 255 cm³/mol. The van der Waals surface area contributed by atoms with Crippen molar-refractivity contribution >= 4 is 49.6 Å². The first-order valence-corrected chi connectivity index (χ1v) is 20.6. The molecule has 11 rings (SSSR count). The molecule has 0 fully saturated rings. The predicted octanol–water partition coefficient (Wildman–Crippen LogP) is 16.1. The molecule has 0 amide bonds. The topological polar surface area (TPSA) is 8.17 Å². The van der Waals surface area contributed by atoms with Crippen LogP contribution in [-0.4, -0.2) is 4.57 Å². The average Bonchev–Trinajstić information content (AvgIpc) is 3.66. The third-order valence-electron chi connectivity index (χ3n) is 11.8. The lowest BCUT2D eigenvalue weighted by Crippen LogP contribution is -2.09. The summed E-state index contributed by atoms with van der Waals surface area (Å²) in [4.78, 5) is 2.33. The molecule has 2 nitrogen and oxygen atoms in total. The Kier molecular flexibility index (Phi) is 8.87. The maximum atomic E-state index is 2.39. The molecule has 0 atom stereocenters. The molecule has 0 spiro atoms. The van der Waals surface area contributed by atoms with Crippen LogP contribution in [0.3, 0.4) is 0 Å². The highest BCUT2D eigenvalue weighted by atomic mass is 15.1. The van der Waals surface area contributed by atoms with Crippen molar-refractivity contribution in [3.05, 3.63) is 243 Å². The van der Waals surface area contributed by atoms with Gasteiger partial charge in [-0.15, -0.1) is 0 Å². The van der Waals surface area contributed by atoms with E-state index in [1.807, 2.05) is 0 Å². The van der Waals surface area contributed by atoms with Crippen molar-refractivity contribution in [2.24, 2.45) is 0 Å². The minimum atomic E-state index is 1.11. The van der Waals surface area contributed by atoms with E-state index in [-0.39, 0.29) is 0 Å². The summed E-state index contributed by atoms with van der Waals surface area (Å²) in [6.45, 7) is 0. The monoisotopic (exact) mass is 764 g/mol. The Labute approximate surface area is 350 Å². The van der Waals surface area contributed by atoms with Crippen molar-refractivity contribution < 1.29 is 0 Å². The normalized spacial score (nSPS) is 11.3. The van der Waals surface area contributed by atoms with Crippen LogP contribution in [-0.2, 0) is 0 Å². The van der Waals surface area contributed by atoms with Gasteiger partial charge in [-0.1, -0.05) is 176 Å². The zero-order chi connectivity index (χ0) is 39.8. The van der Waals surface area contributed by atoms with Gasteiger partial charge in [-0.3, -0.25) is 0 Å². The maximum Gasteiger partial charge on any atom is 0.0541 e. The van der Waals surface area contributed by atoms with Gasteiger partial charge < -0.3 is 9.47 Å². The van der Waals surface area contributed by atoms with Crippen molar-refractivity contribution in [1.29, 1.82) is 0 Å². The van der Waals surface area contributed by atoms with Gasteiger partial charge in [0.05, 0.1) is 11.0 Å². The number of anilines is 3. The first-order valence-electron chi connectivity index (χ1n) is 20.6. The highest BCUT2D eigenvalue weighted by Crippen LogP contribution is 2.39. The molecular weight excluding hydrogens is 725 g/mol. The summed E-state index contributed by atoms with van der Waals surface area (Å²) >= 11 is 0. The molecule has 0 saturated heterocycles. The van der Waals surface area contributed by atoms with Crippen LogP contribution in [0.5, 0.6) is 0 Å². The summed E-state index contributed by atoms with van der Waals surface area (Å²) < 4.78 is 2.39. The van der Waals surface area contributed by atoms with Gasteiger partial charge in [0, 0.05) is 33.5 Å². The molecule has 0 N–H and O–H groups in total. The lowest BCUT2D eigenvalue weighted by molar-refractivity contribution is 1.18. The van der Waals surface area contributed by atoms with E-state index in [4.69, 9.17) is 0 Å². The number of para-hydroxylation sites is 2. The van der Waals surface area contributed by atoms with E-state index in [9.17, 15) is 0 Å². The summed E-state index contributed by atoms with van der Waals surface area (Å²) in [7, 11) is 0. The zero-order valence-electron chi connectivity index (χ0n) is 33.0. The molecule has 2 heteroatoms. The number of fused-ring (bicyclic) bond motifs is 4. The van der Waals surface area contributed by atoms with Crippen molar-refractivity contribution in [3.63, 3.8) is 0 Å². The standard InChI is InChI=1S/C58H40N2/c1-3-12-41(13-4-1)43-28-37-52(38-29-43)60-57-21-10-9-19-55(57)56-40-48(32-39-58(56)60)45-30-35-51(36-31-45)59(49-16-5-2-6-17-49)50-33-26-44(27-34-50)42-22-24-47(25-23-42)54-20-11-15-46-14-7-8-18-53(46)54/h1-40H. The Morgan fingerprint density at radius 1 is 0.267 bits per heavy atom. The summed E-state index contributed by atoms with van der Waals surface area (Å²) in [6.07, 6.45) is 0. The molecule has 1 aromatic heterocycles.